The van der Waals surface area contributed by atoms with Crippen LogP contribution in [0.25, 0.3) is 0 Å². The van der Waals surface area contributed by atoms with E-state index in [9.17, 15) is 19.5 Å². The molecule has 0 aromatic carbocycles. The molecule has 0 radical (unpaired) electrons. The minimum absolute atomic E-state index is 0.105. The van der Waals surface area contributed by atoms with Crippen LogP contribution < -0.4 is 0 Å². The van der Waals surface area contributed by atoms with Gasteiger partial charge in [0, 0.05) is 6.54 Å². The molecule has 1 saturated carbocycles. The molecule has 1 rings (SSSR count). The van der Waals surface area contributed by atoms with E-state index in [4.69, 9.17) is 0 Å². The van der Waals surface area contributed by atoms with Crippen molar-refractivity contribution in [3.8, 4) is 0 Å². The molecule has 114 valence electrons. The average Bonchev–Trinajstić information content (AvgIpc) is 2.45. The van der Waals surface area contributed by atoms with Crippen LogP contribution in [-0.4, -0.2) is 48.1 Å². The second-order valence-corrected chi connectivity index (χ2v) is 5.17. The van der Waals surface area contributed by atoms with Crippen molar-refractivity contribution < 1.29 is 24.2 Å². The smallest absolute Gasteiger partial charge is 0.325 e. The van der Waals surface area contributed by atoms with Gasteiger partial charge in [0.2, 0.25) is 5.91 Å². The number of rotatable bonds is 6. The van der Waals surface area contributed by atoms with Crippen LogP contribution in [-0.2, 0) is 19.1 Å². The molecule has 1 aliphatic carbocycles. The summed E-state index contributed by atoms with van der Waals surface area (Å²) in [6.07, 6.45) is 3.53. The number of carboxylic acids is 1. The van der Waals surface area contributed by atoms with Crippen LogP contribution in [0.2, 0.25) is 0 Å². The number of hydrogen-bond acceptors (Lipinski definition) is 4. The van der Waals surface area contributed by atoms with Gasteiger partial charge in [-0.3, -0.25) is 14.4 Å². The van der Waals surface area contributed by atoms with Crippen molar-refractivity contribution in [1.82, 2.24) is 4.90 Å². The van der Waals surface area contributed by atoms with Gasteiger partial charge in [0.15, 0.2) is 0 Å². The lowest BCUT2D eigenvalue weighted by Crippen LogP contribution is -2.45. The molecular weight excluding hydrogens is 262 g/mol. The monoisotopic (exact) mass is 285 g/mol. The third-order valence-electron chi connectivity index (χ3n) is 3.75. The predicted octanol–water partition coefficient (Wildman–Crippen LogP) is 1.29. The predicted molar refractivity (Wildman–Crippen MR) is 72.0 cm³/mol. The lowest BCUT2D eigenvalue weighted by atomic mass is 9.78. The number of esters is 1. The first-order valence-electron chi connectivity index (χ1n) is 7.09. The molecule has 0 bridgehead atoms. The number of nitrogens with zero attached hydrogens (tertiary/aromatic N) is 1. The van der Waals surface area contributed by atoms with E-state index >= 15 is 0 Å². The van der Waals surface area contributed by atoms with Gasteiger partial charge in [-0.2, -0.15) is 0 Å². The summed E-state index contributed by atoms with van der Waals surface area (Å²) in [6, 6.07) is 0. The Morgan fingerprint density at radius 2 is 1.80 bits per heavy atom. The summed E-state index contributed by atoms with van der Waals surface area (Å²) in [5, 5.41) is 9.23. The van der Waals surface area contributed by atoms with Crippen LogP contribution in [0.1, 0.15) is 39.0 Å². The van der Waals surface area contributed by atoms with E-state index in [1.54, 1.807) is 0 Å². The van der Waals surface area contributed by atoms with Gasteiger partial charge in [-0.05, 0) is 19.3 Å². The molecule has 6 nitrogen and oxygen atoms in total. The van der Waals surface area contributed by atoms with Gasteiger partial charge in [-0.1, -0.05) is 19.8 Å². The zero-order valence-electron chi connectivity index (χ0n) is 12.1. The zero-order valence-corrected chi connectivity index (χ0v) is 12.1. The zero-order chi connectivity index (χ0) is 15.1. The van der Waals surface area contributed by atoms with E-state index < -0.39 is 23.8 Å². The standard InChI is InChI=1S/C14H23NO5/c1-3-8-15(9-12(16)20-2)13(17)10-6-4-5-7-11(10)14(18)19/h10-11H,3-9H2,1-2H3,(H,18,19)/t10-,11+/m1/s1. The summed E-state index contributed by atoms with van der Waals surface area (Å²) < 4.78 is 4.59. The Hall–Kier alpha value is -1.59. The third kappa shape index (κ3) is 4.21. The summed E-state index contributed by atoms with van der Waals surface area (Å²) >= 11 is 0. The van der Waals surface area contributed by atoms with E-state index in [1.165, 1.54) is 12.0 Å². The van der Waals surface area contributed by atoms with E-state index in [2.05, 4.69) is 4.74 Å². The molecule has 0 aliphatic heterocycles. The molecule has 1 N–H and O–H groups in total. The molecule has 0 spiro atoms. The highest BCUT2D eigenvalue weighted by atomic mass is 16.5. The highest BCUT2D eigenvalue weighted by Gasteiger charge is 2.38. The molecule has 1 amide bonds. The average molecular weight is 285 g/mol. The van der Waals surface area contributed by atoms with E-state index in [1.807, 2.05) is 6.92 Å². The van der Waals surface area contributed by atoms with Crippen LogP contribution >= 0.6 is 0 Å². The van der Waals surface area contributed by atoms with Gasteiger partial charge in [-0.25, -0.2) is 0 Å². The number of carbonyl (C=O) groups is 3. The van der Waals surface area contributed by atoms with Gasteiger partial charge in [-0.15, -0.1) is 0 Å². The molecule has 0 heterocycles. The Bertz CT molecular complexity index is 369. The quantitative estimate of drug-likeness (QED) is 0.743. The fourth-order valence-corrected chi connectivity index (χ4v) is 2.71. The highest BCUT2D eigenvalue weighted by molar-refractivity contribution is 5.87. The Morgan fingerprint density at radius 3 is 2.30 bits per heavy atom. The first-order valence-corrected chi connectivity index (χ1v) is 7.09. The fraction of sp³-hybridized carbons (Fsp3) is 0.786. The maximum absolute atomic E-state index is 12.5. The van der Waals surface area contributed by atoms with Crippen LogP contribution in [0.4, 0.5) is 0 Å². The maximum atomic E-state index is 12.5. The molecule has 0 aromatic rings. The van der Waals surface area contributed by atoms with Crippen LogP contribution in [0.5, 0.6) is 0 Å². The fourth-order valence-electron chi connectivity index (χ4n) is 2.71. The lowest BCUT2D eigenvalue weighted by Gasteiger charge is -2.32. The Labute approximate surface area is 119 Å². The highest BCUT2D eigenvalue weighted by Crippen LogP contribution is 2.31. The van der Waals surface area contributed by atoms with Crippen molar-refractivity contribution in [2.24, 2.45) is 11.8 Å². The van der Waals surface area contributed by atoms with Gasteiger partial charge in [0.25, 0.3) is 0 Å². The SMILES string of the molecule is CCCN(CC(=O)OC)C(=O)[C@@H]1CCCC[C@@H]1C(=O)O. The van der Waals surface area contributed by atoms with Crippen molar-refractivity contribution in [3.05, 3.63) is 0 Å². The number of ether oxygens (including phenoxy) is 1. The minimum Gasteiger partial charge on any atom is -0.481 e. The minimum atomic E-state index is -0.919. The first kappa shape index (κ1) is 16.5. The van der Waals surface area contributed by atoms with Crippen molar-refractivity contribution in [1.29, 1.82) is 0 Å². The number of carbonyl (C=O) groups excluding carboxylic acids is 2. The Morgan fingerprint density at radius 1 is 1.20 bits per heavy atom. The summed E-state index contributed by atoms with van der Waals surface area (Å²) in [5.41, 5.74) is 0. The second kappa shape index (κ2) is 7.87. The number of carboxylic acid groups (broad SMARTS) is 1. The largest absolute Gasteiger partial charge is 0.481 e. The van der Waals surface area contributed by atoms with Gasteiger partial charge in [0.1, 0.15) is 6.54 Å². The van der Waals surface area contributed by atoms with Crippen molar-refractivity contribution in [2.45, 2.75) is 39.0 Å². The maximum Gasteiger partial charge on any atom is 0.325 e. The van der Waals surface area contributed by atoms with Gasteiger partial charge < -0.3 is 14.7 Å². The third-order valence-corrected chi connectivity index (χ3v) is 3.75. The first-order chi connectivity index (χ1) is 9.51. The summed E-state index contributed by atoms with van der Waals surface area (Å²) in [5.74, 6) is -2.78. The Balaban J connectivity index is 2.80. The molecule has 1 aliphatic rings. The van der Waals surface area contributed by atoms with E-state index in [0.29, 0.717) is 25.8 Å². The number of aliphatic carboxylic acids is 1. The molecule has 0 saturated heterocycles. The van der Waals surface area contributed by atoms with Crippen molar-refractivity contribution in [2.75, 3.05) is 20.2 Å². The van der Waals surface area contributed by atoms with Crippen molar-refractivity contribution in [3.63, 3.8) is 0 Å². The molecule has 2 atom stereocenters. The van der Waals surface area contributed by atoms with Crippen LogP contribution in [0, 0.1) is 11.8 Å². The normalized spacial score (nSPS) is 22.1. The Kier molecular flexibility index (Phi) is 6.48. The van der Waals surface area contributed by atoms with Crippen molar-refractivity contribution >= 4 is 17.8 Å². The molecule has 6 heteroatoms. The number of hydrogen-bond donors (Lipinski definition) is 1. The molecule has 0 unspecified atom stereocenters. The number of methoxy groups -OCH3 is 1. The summed E-state index contributed by atoms with van der Waals surface area (Å²) in [4.78, 5) is 36.6. The lowest BCUT2D eigenvalue weighted by molar-refractivity contribution is -0.155. The van der Waals surface area contributed by atoms with E-state index in [-0.39, 0.29) is 12.5 Å². The molecule has 20 heavy (non-hydrogen) atoms. The van der Waals surface area contributed by atoms with Crippen LogP contribution in [0.15, 0.2) is 0 Å². The molecule has 1 fully saturated rings. The van der Waals surface area contributed by atoms with Gasteiger partial charge in [0.05, 0.1) is 18.9 Å². The second-order valence-electron chi connectivity index (χ2n) is 5.17. The molecule has 0 aromatic heterocycles. The van der Waals surface area contributed by atoms with Gasteiger partial charge >= 0.3 is 11.9 Å². The summed E-state index contributed by atoms with van der Waals surface area (Å²) in [7, 11) is 1.28. The van der Waals surface area contributed by atoms with E-state index in [0.717, 1.165) is 12.8 Å². The summed E-state index contributed by atoms with van der Waals surface area (Å²) in [6.45, 7) is 2.25. The molecular formula is C14H23NO5. The topological polar surface area (TPSA) is 83.9 Å². The van der Waals surface area contributed by atoms with Crippen LogP contribution in [0.3, 0.4) is 0 Å². The number of amides is 1.